The van der Waals surface area contributed by atoms with Crippen molar-refractivity contribution in [3.63, 3.8) is 0 Å². The van der Waals surface area contributed by atoms with Crippen molar-refractivity contribution in [2.45, 2.75) is 0 Å². The van der Waals surface area contributed by atoms with Crippen LogP contribution in [0.1, 0.15) is 0 Å². The van der Waals surface area contributed by atoms with Gasteiger partial charge < -0.3 is 5.32 Å². The van der Waals surface area contributed by atoms with Crippen LogP contribution in [0.3, 0.4) is 0 Å². The highest BCUT2D eigenvalue weighted by Crippen LogP contribution is 2.33. The summed E-state index contributed by atoms with van der Waals surface area (Å²) >= 11 is 23.3. The van der Waals surface area contributed by atoms with Gasteiger partial charge in [-0.1, -0.05) is 52.5 Å². The summed E-state index contributed by atoms with van der Waals surface area (Å²) in [4.78, 5) is 3.91. The van der Waals surface area contributed by atoms with Gasteiger partial charge in [0.05, 0.1) is 20.8 Å². The molecule has 1 N–H and O–H groups in total. The third-order valence-electron chi connectivity index (χ3n) is 2.09. The average Bonchev–Trinajstić information content (AvgIpc) is 2.30. The summed E-state index contributed by atoms with van der Waals surface area (Å²) < 4.78 is 13.6. The molecule has 1 aromatic heterocycles. The Morgan fingerprint density at radius 1 is 1.00 bits per heavy atom. The van der Waals surface area contributed by atoms with E-state index in [1.54, 1.807) is 6.07 Å². The van der Waals surface area contributed by atoms with Crippen molar-refractivity contribution >= 4 is 57.9 Å². The smallest absolute Gasteiger partial charge is 0.151 e. The molecule has 0 radical (unpaired) electrons. The minimum absolute atomic E-state index is 0.0658. The quantitative estimate of drug-likeness (QED) is 0.729. The fourth-order valence-corrected chi connectivity index (χ4v) is 2.02. The van der Waals surface area contributed by atoms with Gasteiger partial charge in [0.15, 0.2) is 5.82 Å². The Kier molecular flexibility index (Phi) is 4.17. The van der Waals surface area contributed by atoms with E-state index in [0.717, 1.165) is 0 Å². The Labute approximate surface area is 123 Å². The second-order valence-corrected chi connectivity index (χ2v) is 4.89. The molecule has 0 fully saturated rings. The highest BCUT2D eigenvalue weighted by atomic mass is 35.5. The van der Waals surface area contributed by atoms with Gasteiger partial charge in [-0.3, -0.25) is 0 Å². The molecule has 1 heterocycles. The molecular formula is C11H5Cl4FN2. The SMILES string of the molecule is Fc1cccc(Cl)c1Nc1nc(Cl)c(Cl)cc1Cl. The minimum atomic E-state index is -0.522. The largest absolute Gasteiger partial charge is 0.335 e. The number of rotatable bonds is 2. The molecule has 0 unspecified atom stereocenters. The van der Waals surface area contributed by atoms with Gasteiger partial charge in [-0.05, 0) is 18.2 Å². The number of hydrogen-bond acceptors (Lipinski definition) is 2. The number of halogens is 5. The van der Waals surface area contributed by atoms with Crippen molar-refractivity contribution < 1.29 is 4.39 Å². The molecule has 0 saturated heterocycles. The second-order valence-electron chi connectivity index (χ2n) is 3.31. The molecule has 18 heavy (non-hydrogen) atoms. The number of anilines is 2. The third kappa shape index (κ3) is 2.81. The molecule has 0 aliphatic carbocycles. The highest BCUT2D eigenvalue weighted by molar-refractivity contribution is 6.43. The van der Waals surface area contributed by atoms with E-state index in [2.05, 4.69) is 10.3 Å². The zero-order valence-corrected chi connectivity index (χ0v) is 11.7. The lowest BCUT2D eigenvalue weighted by molar-refractivity contribution is 0.632. The zero-order chi connectivity index (χ0) is 13.3. The van der Waals surface area contributed by atoms with Crippen LogP contribution in [0.5, 0.6) is 0 Å². The van der Waals surface area contributed by atoms with E-state index in [1.165, 1.54) is 18.2 Å². The van der Waals surface area contributed by atoms with Crippen molar-refractivity contribution in [2.24, 2.45) is 0 Å². The molecule has 0 aliphatic rings. The van der Waals surface area contributed by atoms with E-state index in [9.17, 15) is 4.39 Å². The molecule has 0 aliphatic heterocycles. The van der Waals surface area contributed by atoms with E-state index < -0.39 is 5.82 Å². The van der Waals surface area contributed by atoms with Crippen molar-refractivity contribution in [1.29, 1.82) is 0 Å². The highest BCUT2D eigenvalue weighted by Gasteiger charge is 2.12. The standard InChI is InChI=1S/C11H5Cl4FN2/c12-5-2-1-3-8(16)9(5)17-11-7(14)4-6(13)10(15)18-11/h1-4H,(H,17,18). The predicted molar refractivity (Wildman–Crippen MR) is 74.0 cm³/mol. The van der Waals surface area contributed by atoms with Crippen LogP contribution in [-0.2, 0) is 0 Å². The van der Waals surface area contributed by atoms with Gasteiger partial charge in [0.2, 0.25) is 0 Å². The summed E-state index contributed by atoms with van der Waals surface area (Å²) in [7, 11) is 0. The van der Waals surface area contributed by atoms with Crippen LogP contribution < -0.4 is 5.32 Å². The summed E-state index contributed by atoms with van der Waals surface area (Å²) in [6, 6.07) is 5.71. The van der Waals surface area contributed by atoms with Crippen molar-refractivity contribution in [1.82, 2.24) is 4.98 Å². The lowest BCUT2D eigenvalue weighted by atomic mass is 10.3. The lowest BCUT2D eigenvalue weighted by Crippen LogP contribution is -1.98. The first-order chi connectivity index (χ1) is 8.49. The Bertz CT molecular complexity index is 584. The summed E-state index contributed by atoms with van der Waals surface area (Å²) in [5.74, 6) is -0.343. The first-order valence-electron chi connectivity index (χ1n) is 4.71. The molecule has 0 atom stereocenters. The maximum absolute atomic E-state index is 13.6. The summed E-state index contributed by atoms with van der Waals surface area (Å²) in [6.07, 6.45) is 0. The topological polar surface area (TPSA) is 24.9 Å². The number of pyridine rings is 1. The normalized spacial score (nSPS) is 10.5. The molecular weight excluding hydrogens is 321 g/mol. The van der Waals surface area contributed by atoms with Crippen LogP contribution in [0.15, 0.2) is 24.3 Å². The van der Waals surface area contributed by atoms with Crippen LogP contribution >= 0.6 is 46.4 Å². The van der Waals surface area contributed by atoms with Crippen LogP contribution in [-0.4, -0.2) is 4.98 Å². The first kappa shape index (κ1) is 13.7. The van der Waals surface area contributed by atoms with Crippen molar-refractivity contribution in [3.05, 3.63) is 50.3 Å². The summed E-state index contributed by atoms with van der Waals surface area (Å²) in [5.41, 5.74) is 0.0759. The second kappa shape index (κ2) is 5.49. The fourth-order valence-electron chi connectivity index (χ4n) is 1.27. The maximum Gasteiger partial charge on any atom is 0.151 e. The number of benzene rings is 1. The molecule has 0 saturated carbocycles. The number of hydrogen-bond donors (Lipinski definition) is 1. The number of nitrogens with one attached hydrogen (secondary N) is 1. The van der Waals surface area contributed by atoms with E-state index in [4.69, 9.17) is 46.4 Å². The van der Waals surface area contributed by atoms with E-state index in [1.807, 2.05) is 0 Å². The van der Waals surface area contributed by atoms with Gasteiger partial charge in [0, 0.05) is 0 Å². The minimum Gasteiger partial charge on any atom is -0.335 e. The average molecular weight is 326 g/mol. The Morgan fingerprint density at radius 2 is 1.72 bits per heavy atom. The number of aromatic nitrogens is 1. The van der Waals surface area contributed by atoms with Crippen LogP contribution in [0.2, 0.25) is 20.2 Å². The molecule has 2 aromatic rings. The monoisotopic (exact) mass is 324 g/mol. The fraction of sp³-hybridized carbons (Fsp3) is 0. The first-order valence-corrected chi connectivity index (χ1v) is 6.23. The predicted octanol–water partition coefficient (Wildman–Crippen LogP) is 5.58. The summed E-state index contributed by atoms with van der Waals surface area (Å²) in [6.45, 7) is 0. The van der Waals surface area contributed by atoms with Crippen LogP contribution in [0.4, 0.5) is 15.9 Å². The molecule has 0 bridgehead atoms. The molecule has 2 nitrogen and oxygen atoms in total. The number of nitrogens with zero attached hydrogens (tertiary/aromatic N) is 1. The van der Waals surface area contributed by atoms with E-state index in [-0.39, 0.29) is 31.7 Å². The van der Waals surface area contributed by atoms with E-state index in [0.29, 0.717) is 0 Å². The molecule has 7 heteroatoms. The Hall–Kier alpha value is -0.740. The third-order valence-corrected chi connectivity index (χ3v) is 3.37. The molecule has 94 valence electrons. The molecule has 1 aromatic carbocycles. The number of para-hydroxylation sites is 1. The van der Waals surface area contributed by atoms with E-state index >= 15 is 0 Å². The van der Waals surface area contributed by atoms with Gasteiger partial charge in [-0.25, -0.2) is 9.37 Å². The van der Waals surface area contributed by atoms with Gasteiger partial charge in [-0.15, -0.1) is 0 Å². The zero-order valence-electron chi connectivity index (χ0n) is 8.65. The molecule has 2 rings (SSSR count). The van der Waals surface area contributed by atoms with Gasteiger partial charge >= 0.3 is 0 Å². The van der Waals surface area contributed by atoms with Gasteiger partial charge in [0.1, 0.15) is 11.0 Å². The van der Waals surface area contributed by atoms with Gasteiger partial charge in [0.25, 0.3) is 0 Å². The van der Waals surface area contributed by atoms with Crippen molar-refractivity contribution in [3.8, 4) is 0 Å². The van der Waals surface area contributed by atoms with Gasteiger partial charge in [-0.2, -0.15) is 0 Å². The molecule has 0 spiro atoms. The lowest BCUT2D eigenvalue weighted by Gasteiger charge is -2.10. The summed E-state index contributed by atoms with van der Waals surface area (Å²) in [5, 5.41) is 3.38. The van der Waals surface area contributed by atoms with Crippen LogP contribution in [0.25, 0.3) is 0 Å². The van der Waals surface area contributed by atoms with Crippen LogP contribution in [0, 0.1) is 5.82 Å². The Balaban J connectivity index is 2.43. The van der Waals surface area contributed by atoms with Crippen molar-refractivity contribution in [2.75, 3.05) is 5.32 Å². The molecule has 0 amide bonds. The maximum atomic E-state index is 13.6. The Morgan fingerprint density at radius 3 is 2.39 bits per heavy atom.